The van der Waals surface area contributed by atoms with Crippen molar-refractivity contribution >= 4 is 15.7 Å². The van der Waals surface area contributed by atoms with Crippen LogP contribution >= 0.6 is 0 Å². The molecule has 0 saturated heterocycles. The Morgan fingerprint density at radius 3 is 2.80 bits per heavy atom. The van der Waals surface area contributed by atoms with E-state index in [0.717, 1.165) is 0 Å². The molecule has 1 unspecified atom stereocenters. The Morgan fingerprint density at radius 2 is 2.15 bits per heavy atom. The quantitative estimate of drug-likeness (QED) is 0.664. The van der Waals surface area contributed by atoms with Crippen LogP contribution in [0.15, 0.2) is 24.3 Å². The van der Waals surface area contributed by atoms with Crippen molar-refractivity contribution in [2.45, 2.75) is 19.9 Å². The molecule has 0 radical (unpaired) electrons. The van der Waals surface area contributed by atoms with Gasteiger partial charge in [0.15, 0.2) is 0 Å². The molecule has 0 fully saturated rings. The highest BCUT2D eigenvalue weighted by atomic mass is 32.2. The summed E-state index contributed by atoms with van der Waals surface area (Å²) in [4.78, 5) is 0. The Balaban J connectivity index is 2.36. The lowest BCUT2D eigenvalue weighted by Crippen LogP contribution is -2.38. The second-order valence-corrected chi connectivity index (χ2v) is 6.29. The van der Waals surface area contributed by atoms with Gasteiger partial charge < -0.3 is 15.2 Å². The average Bonchev–Trinajstić information content (AvgIpc) is 2.35. The van der Waals surface area contributed by atoms with Gasteiger partial charge in [0.1, 0.15) is 12.4 Å². The first kappa shape index (κ1) is 16.7. The van der Waals surface area contributed by atoms with Gasteiger partial charge in [-0.25, -0.2) is 13.1 Å². The van der Waals surface area contributed by atoms with Crippen LogP contribution in [-0.4, -0.2) is 40.0 Å². The molecular formula is C13H22N2O4S. The van der Waals surface area contributed by atoms with E-state index in [2.05, 4.69) is 4.72 Å². The van der Waals surface area contributed by atoms with Crippen molar-refractivity contribution in [3.63, 3.8) is 0 Å². The Hall–Kier alpha value is -1.31. The summed E-state index contributed by atoms with van der Waals surface area (Å²) in [6.45, 7) is 4.60. The monoisotopic (exact) mass is 302 g/mol. The van der Waals surface area contributed by atoms with Crippen LogP contribution in [0.25, 0.3) is 0 Å². The van der Waals surface area contributed by atoms with Gasteiger partial charge in [0, 0.05) is 24.4 Å². The predicted octanol–water partition coefficient (Wildman–Crippen LogP) is 0.992. The number of nitrogens with two attached hydrogens (primary N) is 1. The zero-order chi connectivity index (χ0) is 15.0. The van der Waals surface area contributed by atoms with Gasteiger partial charge in [-0.2, -0.15) is 0 Å². The van der Waals surface area contributed by atoms with Crippen LogP contribution in [0.3, 0.4) is 0 Å². The lowest BCUT2D eigenvalue weighted by atomic mass is 10.3. The molecule has 0 amide bonds. The number of nitrogens with one attached hydrogen (secondary N) is 1. The average molecular weight is 302 g/mol. The van der Waals surface area contributed by atoms with Crippen molar-refractivity contribution < 1.29 is 17.9 Å². The summed E-state index contributed by atoms with van der Waals surface area (Å²) in [7, 11) is -3.38. The van der Waals surface area contributed by atoms with Crippen molar-refractivity contribution in [3.05, 3.63) is 24.3 Å². The van der Waals surface area contributed by atoms with E-state index in [9.17, 15) is 8.42 Å². The van der Waals surface area contributed by atoms with Gasteiger partial charge >= 0.3 is 0 Å². The Kier molecular flexibility index (Phi) is 6.77. The molecule has 7 heteroatoms. The van der Waals surface area contributed by atoms with E-state index in [0.29, 0.717) is 24.7 Å². The standard InChI is InChI=1S/C13H22N2O4S/c1-3-18-10-11(2)15-20(16,17)8-7-19-13-6-4-5-12(14)9-13/h4-6,9,11,15H,3,7-8,10,14H2,1-2H3. The summed E-state index contributed by atoms with van der Waals surface area (Å²) in [6.07, 6.45) is 0. The Morgan fingerprint density at radius 1 is 1.40 bits per heavy atom. The molecule has 0 aliphatic rings. The molecule has 20 heavy (non-hydrogen) atoms. The van der Waals surface area contributed by atoms with Crippen LogP contribution in [0.2, 0.25) is 0 Å². The first-order valence-electron chi connectivity index (χ1n) is 6.49. The van der Waals surface area contributed by atoms with Gasteiger partial charge in [0.2, 0.25) is 10.0 Å². The molecular weight excluding hydrogens is 280 g/mol. The van der Waals surface area contributed by atoms with E-state index in [-0.39, 0.29) is 18.4 Å². The van der Waals surface area contributed by atoms with Crippen LogP contribution in [0, 0.1) is 0 Å². The molecule has 1 atom stereocenters. The summed E-state index contributed by atoms with van der Waals surface area (Å²) >= 11 is 0. The van der Waals surface area contributed by atoms with Gasteiger partial charge in [-0.15, -0.1) is 0 Å². The van der Waals surface area contributed by atoms with E-state index in [1.807, 2.05) is 6.92 Å². The van der Waals surface area contributed by atoms with Gasteiger partial charge in [0.25, 0.3) is 0 Å². The molecule has 6 nitrogen and oxygen atoms in total. The van der Waals surface area contributed by atoms with E-state index in [1.54, 1.807) is 31.2 Å². The fourth-order valence-corrected chi connectivity index (χ4v) is 2.67. The lowest BCUT2D eigenvalue weighted by molar-refractivity contribution is 0.133. The molecule has 1 aromatic rings. The van der Waals surface area contributed by atoms with Crippen molar-refractivity contribution in [2.24, 2.45) is 0 Å². The van der Waals surface area contributed by atoms with Crippen LogP contribution < -0.4 is 15.2 Å². The van der Waals surface area contributed by atoms with Gasteiger partial charge in [-0.1, -0.05) is 6.07 Å². The van der Waals surface area contributed by atoms with Crippen LogP contribution in [0.5, 0.6) is 5.75 Å². The SMILES string of the molecule is CCOCC(C)NS(=O)(=O)CCOc1cccc(N)c1. The van der Waals surface area contributed by atoms with Crippen molar-refractivity contribution in [3.8, 4) is 5.75 Å². The van der Waals surface area contributed by atoms with Crippen LogP contribution in [0.1, 0.15) is 13.8 Å². The third kappa shape index (κ3) is 6.74. The number of sulfonamides is 1. The molecule has 1 aromatic carbocycles. The summed E-state index contributed by atoms with van der Waals surface area (Å²) in [5.74, 6) is 0.445. The first-order chi connectivity index (χ1) is 9.43. The zero-order valence-corrected chi connectivity index (χ0v) is 12.7. The van der Waals surface area contributed by atoms with E-state index in [4.69, 9.17) is 15.2 Å². The van der Waals surface area contributed by atoms with Gasteiger partial charge in [0.05, 0.1) is 12.4 Å². The van der Waals surface area contributed by atoms with Crippen molar-refractivity contribution in [1.29, 1.82) is 0 Å². The molecule has 0 bridgehead atoms. The Labute approximate surface area is 120 Å². The van der Waals surface area contributed by atoms with Crippen molar-refractivity contribution in [2.75, 3.05) is 31.3 Å². The summed E-state index contributed by atoms with van der Waals surface area (Å²) in [5, 5.41) is 0. The van der Waals surface area contributed by atoms with Gasteiger partial charge in [-0.3, -0.25) is 0 Å². The number of anilines is 1. The third-order valence-corrected chi connectivity index (χ3v) is 3.90. The highest BCUT2D eigenvalue weighted by Crippen LogP contribution is 2.14. The number of nitrogen functional groups attached to an aromatic ring is 1. The smallest absolute Gasteiger partial charge is 0.215 e. The minimum Gasteiger partial charge on any atom is -0.492 e. The molecule has 0 aromatic heterocycles. The number of hydrogen-bond acceptors (Lipinski definition) is 5. The summed E-state index contributed by atoms with van der Waals surface area (Å²) < 4.78 is 36.6. The Bertz CT molecular complexity index is 505. The summed E-state index contributed by atoms with van der Waals surface area (Å²) in [6, 6.07) is 6.61. The first-order valence-corrected chi connectivity index (χ1v) is 8.14. The van der Waals surface area contributed by atoms with E-state index in [1.165, 1.54) is 0 Å². The number of benzene rings is 1. The molecule has 0 spiro atoms. The van der Waals surface area contributed by atoms with Crippen LogP contribution in [-0.2, 0) is 14.8 Å². The highest BCUT2D eigenvalue weighted by molar-refractivity contribution is 7.89. The lowest BCUT2D eigenvalue weighted by Gasteiger charge is -2.14. The predicted molar refractivity (Wildman–Crippen MR) is 79.2 cm³/mol. The molecule has 0 aliphatic carbocycles. The van der Waals surface area contributed by atoms with E-state index >= 15 is 0 Å². The van der Waals surface area contributed by atoms with E-state index < -0.39 is 10.0 Å². The van der Waals surface area contributed by atoms with Crippen LogP contribution in [0.4, 0.5) is 5.69 Å². The number of rotatable bonds is 9. The maximum Gasteiger partial charge on any atom is 0.215 e. The van der Waals surface area contributed by atoms with Crippen molar-refractivity contribution in [1.82, 2.24) is 4.72 Å². The maximum atomic E-state index is 11.8. The molecule has 114 valence electrons. The number of ether oxygens (including phenoxy) is 2. The summed E-state index contributed by atoms with van der Waals surface area (Å²) in [5.41, 5.74) is 6.18. The topological polar surface area (TPSA) is 90.6 Å². The minimum absolute atomic E-state index is 0.0696. The zero-order valence-electron chi connectivity index (χ0n) is 11.8. The molecule has 0 aliphatic heterocycles. The molecule has 0 heterocycles. The maximum absolute atomic E-state index is 11.8. The minimum atomic E-state index is -3.38. The second-order valence-electron chi connectivity index (χ2n) is 4.42. The fourth-order valence-electron chi connectivity index (χ4n) is 1.57. The third-order valence-electron chi connectivity index (χ3n) is 2.43. The number of hydrogen-bond donors (Lipinski definition) is 2. The normalized spacial score (nSPS) is 13.1. The molecule has 3 N–H and O–H groups in total. The highest BCUT2D eigenvalue weighted by Gasteiger charge is 2.14. The van der Waals surface area contributed by atoms with Gasteiger partial charge in [-0.05, 0) is 26.0 Å². The largest absolute Gasteiger partial charge is 0.492 e. The molecule has 0 saturated carbocycles. The fraction of sp³-hybridized carbons (Fsp3) is 0.538. The second kappa shape index (κ2) is 8.08. The molecule has 1 rings (SSSR count).